The van der Waals surface area contributed by atoms with Crippen molar-refractivity contribution < 1.29 is 4.79 Å². The van der Waals surface area contributed by atoms with Gasteiger partial charge in [-0.2, -0.15) is 0 Å². The third-order valence-corrected chi connectivity index (χ3v) is 3.82. The summed E-state index contributed by atoms with van der Waals surface area (Å²) in [7, 11) is 0. The van der Waals surface area contributed by atoms with Gasteiger partial charge in [-0.25, -0.2) is 0 Å². The van der Waals surface area contributed by atoms with Crippen LogP contribution in [0.2, 0.25) is 0 Å². The van der Waals surface area contributed by atoms with Crippen molar-refractivity contribution in [3.8, 4) is 0 Å². The molecule has 0 saturated carbocycles. The first-order chi connectivity index (χ1) is 8.99. The number of anilines is 1. The fourth-order valence-electron chi connectivity index (χ4n) is 2.43. The molecule has 19 heavy (non-hydrogen) atoms. The van der Waals surface area contributed by atoms with Crippen molar-refractivity contribution >= 4 is 28.8 Å². The Bertz CT molecular complexity index is 505. The van der Waals surface area contributed by atoms with Gasteiger partial charge in [-0.1, -0.05) is 12.2 Å². The predicted octanol–water partition coefficient (Wildman–Crippen LogP) is 0.806. The lowest BCUT2D eigenvalue weighted by molar-refractivity contribution is -0.122. The summed E-state index contributed by atoms with van der Waals surface area (Å²) < 4.78 is 0. The Labute approximate surface area is 118 Å². The van der Waals surface area contributed by atoms with Crippen LogP contribution in [-0.2, 0) is 4.79 Å². The molecule has 1 saturated heterocycles. The number of rotatable bonds is 3. The monoisotopic (exact) mass is 278 g/mol. The molecule has 5 nitrogen and oxygen atoms in total. The van der Waals surface area contributed by atoms with E-state index in [1.807, 2.05) is 12.1 Å². The summed E-state index contributed by atoms with van der Waals surface area (Å²) in [5.74, 6) is -0.335. The number of nitrogens with two attached hydrogens (primary N) is 2. The van der Waals surface area contributed by atoms with Crippen LogP contribution in [0.15, 0.2) is 18.3 Å². The second-order valence-electron chi connectivity index (χ2n) is 4.94. The highest BCUT2D eigenvalue weighted by atomic mass is 32.1. The zero-order chi connectivity index (χ0) is 14.0. The van der Waals surface area contributed by atoms with Gasteiger partial charge in [0, 0.05) is 24.5 Å². The van der Waals surface area contributed by atoms with E-state index in [0.717, 1.165) is 18.5 Å². The molecule has 1 aromatic heterocycles. The van der Waals surface area contributed by atoms with Crippen molar-refractivity contribution in [3.05, 3.63) is 24.0 Å². The highest BCUT2D eigenvalue weighted by Gasteiger charge is 2.28. The van der Waals surface area contributed by atoms with Gasteiger partial charge < -0.3 is 16.4 Å². The number of hydrogen-bond acceptors (Lipinski definition) is 4. The van der Waals surface area contributed by atoms with Crippen LogP contribution in [0.3, 0.4) is 0 Å². The lowest BCUT2D eigenvalue weighted by atomic mass is 9.92. The van der Waals surface area contributed by atoms with Crippen LogP contribution in [-0.4, -0.2) is 28.5 Å². The summed E-state index contributed by atoms with van der Waals surface area (Å²) in [4.78, 5) is 17.9. The molecule has 0 bridgehead atoms. The summed E-state index contributed by atoms with van der Waals surface area (Å²) in [5.41, 5.74) is 12.6. The molecular formula is C13H18N4OS. The van der Waals surface area contributed by atoms with Crippen LogP contribution in [0.4, 0.5) is 5.69 Å². The first kappa shape index (κ1) is 13.7. The number of thiocarbonyl (C=S) groups is 1. The number of piperidine rings is 1. The number of amides is 1. The van der Waals surface area contributed by atoms with Crippen molar-refractivity contribution in [2.24, 2.45) is 17.4 Å². The molecule has 4 N–H and O–H groups in total. The minimum atomic E-state index is -0.236. The van der Waals surface area contributed by atoms with E-state index in [2.05, 4.69) is 16.8 Å². The largest absolute Gasteiger partial charge is 0.388 e. The summed E-state index contributed by atoms with van der Waals surface area (Å²) in [6, 6.07) is 4.13. The number of aromatic nitrogens is 1. The molecule has 1 aliphatic heterocycles. The molecule has 2 heterocycles. The Morgan fingerprint density at radius 2 is 2.21 bits per heavy atom. The average Bonchev–Trinajstić information content (AvgIpc) is 2.39. The minimum Gasteiger partial charge on any atom is -0.388 e. The number of carbonyl (C=O) groups excluding carboxylic acids is 1. The van der Waals surface area contributed by atoms with E-state index in [1.165, 1.54) is 0 Å². The molecule has 1 fully saturated rings. The zero-order valence-electron chi connectivity index (χ0n) is 10.9. The van der Waals surface area contributed by atoms with Gasteiger partial charge >= 0.3 is 0 Å². The van der Waals surface area contributed by atoms with E-state index < -0.39 is 0 Å². The van der Waals surface area contributed by atoms with E-state index in [4.69, 9.17) is 23.7 Å². The third-order valence-electron chi connectivity index (χ3n) is 3.61. The Morgan fingerprint density at radius 3 is 2.84 bits per heavy atom. The maximum absolute atomic E-state index is 11.4. The van der Waals surface area contributed by atoms with Gasteiger partial charge in [-0.3, -0.25) is 9.78 Å². The minimum absolute atomic E-state index is 0.0994. The molecule has 6 heteroatoms. The smallest absolute Gasteiger partial charge is 0.222 e. The second kappa shape index (κ2) is 5.52. The maximum atomic E-state index is 11.4. The molecule has 0 aromatic carbocycles. The van der Waals surface area contributed by atoms with Crippen molar-refractivity contribution in [1.29, 1.82) is 0 Å². The third kappa shape index (κ3) is 3.01. The first-order valence-electron chi connectivity index (χ1n) is 6.31. The summed E-state index contributed by atoms with van der Waals surface area (Å²) in [5, 5.41) is 0. The van der Waals surface area contributed by atoms with E-state index in [-0.39, 0.29) is 16.8 Å². The van der Waals surface area contributed by atoms with Gasteiger partial charge in [0.1, 0.15) is 4.99 Å². The molecule has 102 valence electrons. The predicted molar refractivity (Wildman–Crippen MR) is 78.9 cm³/mol. The fraction of sp³-hybridized carbons (Fsp3) is 0.462. The molecule has 1 amide bonds. The van der Waals surface area contributed by atoms with Crippen LogP contribution in [0.25, 0.3) is 0 Å². The molecule has 0 aliphatic carbocycles. The fourth-order valence-corrected chi connectivity index (χ4v) is 2.54. The van der Waals surface area contributed by atoms with Crippen molar-refractivity contribution in [2.45, 2.75) is 25.8 Å². The number of pyridine rings is 1. The molecule has 0 radical (unpaired) electrons. The summed E-state index contributed by atoms with van der Waals surface area (Å²) >= 11 is 4.94. The van der Waals surface area contributed by atoms with E-state index in [1.54, 1.807) is 6.20 Å². The molecule has 2 rings (SSSR count). The Balaban J connectivity index is 2.25. The van der Waals surface area contributed by atoms with E-state index in [9.17, 15) is 4.79 Å². The molecule has 2 unspecified atom stereocenters. The van der Waals surface area contributed by atoms with Crippen LogP contribution < -0.4 is 16.4 Å². The number of primary amides is 1. The van der Waals surface area contributed by atoms with Crippen molar-refractivity contribution in [3.63, 3.8) is 0 Å². The van der Waals surface area contributed by atoms with Gasteiger partial charge in [-0.05, 0) is 31.9 Å². The quantitative estimate of drug-likeness (QED) is 0.799. The van der Waals surface area contributed by atoms with Crippen LogP contribution in [0.5, 0.6) is 0 Å². The number of carbonyl (C=O) groups is 1. The topological polar surface area (TPSA) is 85.2 Å². The molecule has 1 aromatic rings. The maximum Gasteiger partial charge on any atom is 0.222 e. The first-order valence-corrected chi connectivity index (χ1v) is 6.71. The highest BCUT2D eigenvalue weighted by molar-refractivity contribution is 7.80. The van der Waals surface area contributed by atoms with Gasteiger partial charge in [0.2, 0.25) is 5.91 Å². The lowest BCUT2D eigenvalue weighted by Gasteiger charge is -2.38. The standard InChI is InChI=1S/C13H18N4OS/c1-8-2-3-9(12(14)18)7-17(8)10-4-5-16-11(6-10)13(15)19/h4-6,8-9H,2-3,7H2,1H3,(H2,14,18)(H2,15,19). The Morgan fingerprint density at radius 1 is 1.47 bits per heavy atom. The van der Waals surface area contributed by atoms with E-state index in [0.29, 0.717) is 18.3 Å². The van der Waals surface area contributed by atoms with Gasteiger partial charge in [-0.15, -0.1) is 0 Å². The highest BCUT2D eigenvalue weighted by Crippen LogP contribution is 2.27. The lowest BCUT2D eigenvalue weighted by Crippen LogP contribution is -2.46. The molecule has 1 aliphatic rings. The molecule has 2 atom stereocenters. The van der Waals surface area contributed by atoms with Gasteiger partial charge in [0.05, 0.1) is 11.6 Å². The van der Waals surface area contributed by atoms with Crippen LogP contribution >= 0.6 is 12.2 Å². The zero-order valence-corrected chi connectivity index (χ0v) is 11.7. The Hall–Kier alpha value is -1.69. The van der Waals surface area contributed by atoms with Gasteiger partial charge in [0.25, 0.3) is 0 Å². The normalized spacial score (nSPS) is 23.1. The van der Waals surface area contributed by atoms with Crippen molar-refractivity contribution in [1.82, 2.24) is 4.98 Å². The average molecular weight is 278 g/mol. The van der Waals surface area contributed by atoms with Crippen molar-refractivity contribution in [2.75, 3.05) is 11.4 Å². The summed E-state index contributed by atoms with van der Waals surface area (Å²) in [6.07, 6.45) is 3.48. The molecular weight excluding hydrogens is 260 g/mol. The van der Waals surface area contributed by atoms with E-state index >= 15 is 0 Å². The van der Waals surface area contributed by atoms with Gasteiger partial charge in [0.15, 0.2) is 0 Å². The number of hydrogen-bond donors (Lipinski definition) is 2. The van der Waals surface area contributed by atoms with Crippen LogP contribution in [0.1, 0.15) is 25.5 Å². The van der Waals surface area contributed by atoms with Crippen LogP contribution in [0, 0.1) is 5.92 Å². The Kier molecular flexibility index (Phi) is 3.99. The SMILES string of the molecule is CC1CCC(C(N)=O)CN1c1ccnc(C(N)=S)c1. The number of nitrogens with zero attached hydrogens (tertiary/aromatic N) is 2. The molecule has 0 spiro atoms. The second-order valence-corrected chi connectivity index (χ2v) is 5.38. The summed E-state index contributed by atoms with van der Waals surface area (Å²) in [6.45, 7) is 2.77.